The highest BCUT2D eigenvalue weighted by Gasteiger charge is 2.02. The zero-order chi connectivity index (χ0) is 8.55. The maximum atomic E-state index is 13.1. The van der Waals surface area contributed by atoms with E-state index in [1.54, 1.807) is 18.2 Å². The lowest BCUT2D eigenvalue weighted by Crippen LogP contribution is -1.82. The summed E-state index contributed by atoms with van der Waals surface area (Å²) in [7, 11) is 0. The molecule has 1 aromatic heterocycles. The molecule has 12 heavy (non-hydrogen) atoms. The molecule has 0 fully saturated rings. The third kappa shape index (κ3) is 1.04. The predicted molar refractivity (Wildman–Crippen MR) is 46.7 cm³/mol. The van der Waals surface area contributed by atoms with Crippen molar-refractivity contribution in [3.8, 4) is 0 Å². The summed E-state index contributed by atoms with van der Waals surface area (Å²) in [6.07, 6.45) is 1.41. The Morgan fingerprint density at radius 2 is 2.08 bits per heavy atom. The molecule has 2 aromatic rings. The molecule has 0 unspecified atom stereocenters. The Balaban J connectivity index is 2.94. The van der Waals surface area contributed by atoms with Crippen LogP contribution < -0.4 is 0 Å². The van der Waals surface area contributed by atoms with E-state index in [1.807, 2.05) is 0 Å². The second-order valence-corrected chi connectivity index (χ2v) is 2.84. The number of aromatic nitrogens is 1. The Hall–Kier alpha value is -1.15. The SMILES string of the molecule is Fc1ccnc2c(Cl)cccc12. The van der Waals surface area contributed by atoms with E-state index in [0.29, 0.717) is 15.9 Å². The normalized spacial score (nSPS) is 10.5. The molecule has 60 valence electrons. The van der Waals surface area contributed by atoms with E-state index in [2.05, 4.69) is 4.98 Å². The lowest BCUT2D eigenvalue weighted by molar-refractivity contribution is 0.638. The van der Waals surface area contributed by atoms with E-state index in [-0.39, 0.29) is 5.82 Å². The van der Waals surface area contributed by atoms with E-state index in [0.717, 1.165) is 0 Å². The van der Waals surface area contributed by atoms with Gasteiger partial charge >= 0.3 is 0 Å². The van der Waals surface area contributed by atoms with Crippen LogP contribution in [-0.2, 0) is 0 Å². The average molecular weight is 182 g/mol. The molecule has 0 saturated carbocycles. The number of halogens is 2. The fourth-order valence-electron chi connectivity index (χ4n) is 1.11. The van der Waals surface area contributed by atoms with E-state index < -0.39 is 0 Å². The quantitative estimate of drug-likeness (QED) is 0.609. The van der Waals surface area contributed by atoms with Gasteiger partial charge in [-0.2, -0.15) is 0 Å². The molecule has 0 aliphatic carbocycles. The summed E-state index contributed by atoms with van der Waals surface area (Å²) in [5.41, 5.74) is 0.513. The summed E-state index contributed by atoms with van der Waals surface area (Å²) in [6.45, 7) is 0. The van der Waals surface area contributed by atoms with E-state index >= 15 is 0 Å². The van der Waals surface area contributed by atoms with Gasteiger partial charge in [0.2, 0.25) is 0 Å². The lowest BCUT2D eigenvalue weighted by atomic mass is 10.2. The Kier molecular flexibility index (Phi) is 1.70. The molecule has 0 aliphatic heterocycles. The monoisotopic (exact) mass is 181 g/mol. The second-order valence-electron chi connectivity index (χ2n) is 2.43. The zero-order valence-electron chi connectivity index (χ0n) is 6.09. The highest BCUT2D eigenvalue weighted by atomic mass is 35.5. The fraction of sp³-hybridized carbons (Fsp3) is 0. The number of hydrogen-bond acceptors (Lipinski definition) is 1. The Morgan fingerprint density at radius 3 is 2.83 bits per heavy atom. The number of nitrogens with zero attached hydrogens (tertiary/aromatic N) is 1. The van der Waals surface area contributed by atoms with Gasteiger partial charge in [0.25, 0.3) is 0 Å². The predicted octanol–water partition coefficient (Wildman–Crippen LogP) is 3.03. The molecule has 2 rings (SSSR count). The maximum Gasteiger partial charge on any atom is 0.134 e. The summed E-state index contributed by atoms with van der Waals surface area (Å²) in [6, 6.07) is 6.37. The van der Waals surface area contributed by atoms with E-state index in [9.17, 15) is 4.39 Å². The van der Waals surface area contributed by atoms with Crippen LogP contribution in [0.25, 0.3) is 10.9 Å². The van der Waals surface area contributed by atoms with Crippen LogP contribution in [0.3, 0.4) is 0 Å². The van der Waals surface area contributed by atoms with Crippen molar-refractivity contribution in [2.75, 3.05) is 0 Å². The van der Waals surface area contributed by atoms with Gasteiger partial charge in [0.05, 0.1) is 10.5 Å². The molecule has 0 spiro atoms. The van der Waals surface area contributed by atoms with Crippen molar-refractivity contribution in [3.63, 3.8) is 0 Å². The second kappa shape index (κ2) is 2.72. The number of hydrogen-bond donors (Lipinski definition) is 0. The third-order valence-corrected chi connectivity index (χ3v) is 1.97. The lowest BCUT2D eigenvalue weighted by Gasteiger charge is -1.98. The van der Waals surface area contributed by atoms with Crippen LogP contribution in [0.5, 0.6) is 0 Å². The van der Waals surface area contributed by atoms with Crippen LogP contribution in [0.2, 0.25) is 5.02 Å². The minimum absolute atomic E-state index is 0.289. The Labute approximate surface area is 73.8 Å². The maximum absolute atomic E-state index is 13.1. The van der Waals surface area contributed by atoms with Crippen molar-refractivity contribution in [2.45, 2.75) is 0 Å². The molecule has 0 amide bonds. The van der Waals surface area contributed by atoms with Gasteiger partial charge in [-0.1, -0.05) is 17.7 Å². The minimum atomic E-state index is -0.289. The largest absolute Gasteiger partial charge is 0.254 e. The van der Waals surface area contributed by atoms with Gasteiger partial charge in [-0.25, -0.2) is 4.39 Å². The number of pyridine rings is 1. The first-order valence-electron chi connectivity index (χ1n) is 3.48. The molecule has 3 heteroatoms. The van der Waals surface area contributed by atoms with Gasteiger partial charge in [0.15, 0.2) is 0 Å². The number of fused-ring (bicyclic) bond motifs is 1. The first-order valence-corrected chi connectivity index (χ1v) is 3.85. The molecule has 0 saturated heterocycles. The van der Waals surface area contributed by atoms with Crippen LogP contribution in [0.1, 0.15) is 0 Å². The molecule has 1 heterocycles. The third-order valence-electron chi connectivity index (χ3n) is 1.67. The van der Waals surface area contributed by atoms with Gasteiger partial charge in [0, 0.05) is 11.6 Å². The van der Waals surface area contributed by atoms with Crippen molar-refractivity contribution < 1.29 is 4.39 Å². The number of benzene rings is 1. The topological polar surface area (TPSA) is 12.9 Å². The first kappa shape index (κ1) is 7.50. The molecular weight excluding hydrogens is 177 g/mol. The van der Waals surface area contributed by atoms with Crippen LogP contribution in [-0.4, -0.2) is 4.98 Å². The molecule has 1 nitrogen and oxygen atoms in total. The van der Waals surface area contributed by atoms with Crippen LogP contribution in [0.4, 0.5) is 4.39 Å². The van der Waals surface area contributed by atoms with E-state index in [4.69, 9.17) is 11.6 Å². The van der Waals surface area contributed by atoms with Gasteiger partial charge in [-0.3, -0.25) is 4.98 Å². The van der Waals surface area contributed by atoms with Crippen molar-refractivity contribution in [1.29, 1.82) is 0 Å². The highest BCUT2D eigenvalue weighted by molar-refractivity contribution is 6.35. The smallest absolute Gasteiger partial charge is 0.134 e. The highest BCUT2D eigenvalue weighted by Crippen LogP contribution is 2.22. The van der Waals surface area contributed by atoms with Crippen molar-refractivity contribution in [3.05, 3.63) is 41.3 Å². The molecule has 0 bridgehead atoms. The van der Waals surface area contributed by atoms with Gasteiger partial charge in [-0.05, 0) is 18.2 Å². The summed E-state index contributed by atoms with van der Waals surface area (Å²) >= 11 is 5.80. The van der Waals surface area contributed by atoms with Gasteiger partial charge in [0.1, 0.15) is 5.82 Å². The summed E-state index contributed by atoms with van der Waals surface area (Å²) in [4.78, 5) is 3.97. The number of rotatable bonds is 0. The van der Waals surface area contributed by atoms with Crippen LogP contribution in [0, 0.1) is 5.82 Å². The van der Waals surface area contributed by atoms with Crippen LogP contribution >= 0.6 is 11.6 Å². The summed E-state index contributed by atoms with van der Waals surface area (Å²) in [5.74, 6) is -0.289. The molecule has 0 atom stereocenters. The molecule has 1 aromatic carbocycles. The van der Waals surface area contributed by atoms with Crippen molar-refractivity contribution in [2.24, 2.45) is 0 Å². The minimum Gasteiger partial charge on any atom is -0.254 e. The fourth-order valence-corrected chi connectivity index (χ4v) is 1.33. The van der Waals surface area contributed by atoms with Crippen molar-refractivity contribution in [1.82, 2.24) is 4.98 Å². The first-order chi connectivity index (χ1) is 5.79. The van der Waals surface area contributed by atoms with Gasteiger partial charge < -0.3 is 0 Å². The standard InChI is InChI=1S/C9H5ClFN/c10-7-3-1-2-6-8(11)4-5-12-9(6)7/h1-5H. The molecular formula is C9H5ClFN. The molecule has 0 N–H and O–H groups in total. The van der Waals surface area contributed by atoms with E-state index in [1.165, 1.54) is 12.3 Å². The van der Waals surface area contributed by atoms with Crippen LogP contribution in [0.15, 0.2) is 30.5 Å². The average Bonchev–Trinajstić information content (AvgIpc) is 2.07. The molecule has 0 aliphatic rings. The molecule has 0 radical (unpaired) electrons. The number of para-hydroxylation sites is 1. The van der Waals surface area contributed by atoms with Gasteiger partial charge in [-0.15, -0.1) is 0 Å². The summed E-state index contributed by atoms with van der Waals surface area (Å²) in [5, 5.41) is 0.942. The zero-order valence-corrected chi connectivity index (χ0v) is 6.85. The Morgan fingerprint density at radius 1 is 1.25 bits per heavy atom. The Bertz CT molecular complexity index is 387. The summed E-state index contributed by atoms with van der Waals surface area (Å²) < 4.78 is 13.1. The van der Waals surface area contributed by atoms with Crippen molar-refractivity contribution >= 4 is 22.5 Å².